The highest BCUT2D eigenvalue weighted by molar-refractivity contribution is 5.73. The second-order valence-electron chi connectivity index (χ2n) is 18.0. The summed E-state index contributed by atoms with van der Waals surface area (Å²) in [5.74, 6) is -1.57. The van der Waals surface area contributed by atoms with E-state index < -0.39 is 229 Å². The molecule has 5 heterocycles. The molecule has 0 aromatic carbocycles. The highest BCUT2D eigenvalue weighted by atomic mass is 16.8. The molecular weight excluding hydrogens is 988 g/mol. The Morgan fingerprint density at radius 3 is 1.53 bits per heavy atom. The van der Waals surface area contributed by atoms with Crippen molar-refractivity contribution in [3.63, 3.8) is 0 Å². The Kier molecular flexibility index (Phi) is 22.5. The van der Waals surface area contributed by atoms with E-state index in [-0.39, 0.29) is 0 Å². The van der Waals surface area contributed by atoms with Crippen LogP contribution in [0.2, 0.25) is 0 Å². The standard InChI is InChI=1S/C40H70N2O30/c1-10-20(51)24(55)28(59)38(64-10)72-35-19(42-12(3)49)36(66-17(8-47)34(35)71-39-29(60)25(56)22(53)15(6-45)65-39)70-33-16(7-46)67-37(31(62)27(33)58)63-9-18-23(54)26(57)30(61)40(68-18)69-32(14(50)5-44)21(52)13(4-43)41-11(2)48/h10,13-40,43-47,50-62H,4-9H2,1-3H3,(H,41,48)(H,42,49)/t10-,13-,14+,15+,16+,17+,18+,19+,20+,21+,22-,23+,24+,25-,26-,27+,28-,29+,30-,31-,32+,33+,34+,35+,36-,37-,38-,39-,40-/m0/s1. The zero-order valence-corrected chi connectivity index (χ0v) is 38.9. The van der Waals surface area contributed by atoms with E-state index >= 15 is 0 Å². The Morgan fingerprint density at radius 2 is 0.972 bits per heavy atom. The van der Waals surface area contributed by atoms with Gasteiger partial charge in [0.25, 0.3) is 0 Å². The second kappa shape index (κ2) is 26.7. The lowest BCUT2D eigenvalue weighted by Crippen LogP contribution is -2.71. The minimum Gasteiger partial charge on any atom is -0.394 e. The molecule has 32 heteroatoms. The number of rotatable bonds is 21. The van der Waals surface area contributed by atoms with Gasteiger partial charge in [0.15, 0.2) is 31.5 Å². The first-order chi connectivity index (χ1) is 33.9. The molecule has 72 heavy (non-hydrogen) atoms. The van der Waals surface area contributed by atoms with E-state index in [0.29, 0.717) is 0 Å². The molecular formula is C40H70N2O30. The van der Waals surface area contributed by atoms with Crippen molar-refractivity contribution in [3.8, 4) is 0 Å². The van der Waals surface area contributed by atoms with Crippen molar-refractivity contribution in [1.29, 1.82) is 0 Å². The molecule has 0 spiro atoms. The summed E-state index contributed by atoms with van der Waals surface area (Å²) >= 11 is 0. The van der Waals surface area contributed by atoms with Crippen LogP contribution in [0.4, 0.5) is 0 Å². The van der Waals surface area contributed by atoms with Crippen molar-refractivity contribution >= 4 is 11.8 Å². The molecule has 0 unspecified atom stereocenters. The molecule has 0 bridgehead atoms. The van der Waals surface area contributed by atoms with E-state index in [0.717, 1.165) is 13.8 Å². The number of carbonyl (C=O) groups is 2. The fraction of sp³-hybridized carbons (Fsp3) is 0.950. The quantitative estimate of drug-likeness (QED) is 0.0507. The topological polar surface area (TPSA) is 515 Å². The van der Waals surface area contributed by atoms with Gasteiger partial charge < -0.3 is 150 Å². The summed E-state index contributed by atoms with van der Waals surface area (Å²) in [6.45, 7) is -2.45. The maximum Gasteiger partial charge on any atom is 0.217 e. The van der Waals surface area contributed by atoms with Crippen LogP contribution in [0.5, 0.6) is 0 Å². The zero-order chi connectivity index (χ0) is 53.6. The summed E-state index contributed by atoms with van der Waals surface area (Å²) in [7, 11) is 0. The number of nitrogens with one attached hydrogen (secondary N) is 2. The van der Waals surface area contributed by atoms with Gasteiger partial charge in [0.1, 0.15) is 134 Å². The molecule has 5 fully saturated rings. The smallest absolute Gasteiger partial charge is 0.217 e. The number of hydrogen-bond acceptors (Lipinski definition) is 30. The lowest BCUT2D eigenvalue weighted by molar-refractivity contribution is -0.386. The maximum atomic E-state index is 12.9. The predicted molar refractivity (Wildman–Crippen MR) is 223 cm³/mol. The number of aliphatic hydroxyl groups is 18. The summed E-state index contributed by atoms with van der Waals surface area (Å²) in [6, 6.07) is -3.25. The van der Waals surface area contributed by atoms with Gasteiger partial charge in [-0.15, -0.1) is 0 Å². The minimum absolute atomic E-state index is 0.721. The summed E-state index contributed by atoms with van der Waals surface area (Å²) in [6.07, 6.45) is -51.0. The van der Waals surface area contributed by atoms with Crippen LogP contribution in [-0.4, -0.2) is 321 Å². The zero-order valence-electron chi connectivity index (χ0n) is 38.9. The average molecular weight is 1060 g/mol. The van der Waals surface area contributed by atoms with Crippen LogP contribution >= 0.6 is 0 Å². The van der Waals surface area contributed by atoms with Crippen molar-refractivity contribution in [2.75, 3.05) is 39.6 Å². The van der Waals surface area contributed by atoms with Crippen molar-refractivity contribution in [2.45, 2.75) is 199 Å². The van der Waals surface area contributed by atoms with E-state index in [4.69, 9.17) is 47.4 Å². The third-order valence-corrected chi connectivity index (χ3v) is 12.8. The van der Waals surface area contributed by atoms with Crippen molar-refractivity contribution in [1.82, 2.24) is 10.6 Å². The Hall–Kier alpha value is -2.18. The van der Waals surface area contributed by atoms with Gasteiger partial charge in [0.05, 0.1) is 51.8 Å². The number of carbonyl (C=O) groups excluding carboxylic acids is 2. The predicted octanol–water partition coefficient (Wildman–Crippen LogP) is -13.1. The lowest BCUT2D eigenvalue weighted by Gasteiger charge is -2.51. The van der Waals surface area contributed by atoms with E-state index in [1.807, 2.05) is 0 Å². The molecule has 32 nitrogen and oxygen atoms in total. The van der Waals surface area contributed by atoms with Crippen LogP contribution < -0.4 is 10.6 Å². The van der Waals surface area contributed by atoms with Crippen LogP contribution in [0.3, 0.4) is 0 Å². The van der Waals surface area contributed by atoms with E-state index in [9.17, 15) is 102 Å². The molecule has 420 valence electrons. The average Bonchev–Trinajstić information content (AvgIpc) is 3.35. The number of hydrogen-bond donors (Lipinski definition) is 20. The third-order valence-electron chi connectivity index (χ3n) is 12.8. The molecule has 5 rings (SSSR count). The van der Waals surface area contributed by atoms with Gasteiger partial charge in [-0.1, -0.05) is 0 Å². The Bertz CT molecular complexity index is 1680. The Balaban J connectivity index is 1.37. The molecule has 0 radical (unpaired) electrons. The second-order valence-corrected chi connectivity index (χ2v) is 18.0. The Labute approximate surface area is 409 Å². The van der Waals surface area contributed by atoms with Gasteiger partial charge in [0.2, 0.25) is 11.8 Å². The largest absolute Gasteiger partial charge is 0.394 e. The monoisotopic (exact) mass is 1060 g/mol. The van der Waals surface area contributed by atoms with Crippen LogP contribution in [0, 0.1) is 0 Å². The highest BCUT2D eigenvalue weighted by Gasteiger charge is 2.57. The van der Waals surface area contributed by atoms with Gasteiger partial charge in [0, 0.05) is 13.8 Å². The molecule has 0 aromatic rings. The molecule has 0 aliphatic carbocycles. The van der Waals surface area contributed by atoms with Crippen molar-refractivity contribution in [3.05, 3.63) is 0 Å². The summed E-state index contributed by atoms with van der Waals surface area (Å²) in [4.78, 5) is 24.5. The SMILES string of the molecule is CC(=O)N[C@H]1[C@H](O[C@H]2[C@H](O)[C@H](O)[C@@H](OC[C@H]3O[C@@H](O[C@@H]([C@H](O)[C@H](CO)NC(C)=O)[C@H](O)CO)[C@@H](O)[C@@H](O)[C@@H]3O)O[C@@H]2CO)O[C@H](CO)[C@@H](O[C@@H]2O[C@H](CO)[C@H](O)[C@H](O)[C@H]2O)[C@@H]1O[C@@H]1O[C@@H](C)[C@@H](O)[C@@H](O)[C@@H]1O. The molecule has 29 atom stereocenters. The van der Waals surface area contributed by atoms with E-state index in [1.54, 1.807) is 0 Å². The van der Waals surface area contributed by atoms with Crippen LogP contribution in [0.25, 0.3) is 0 Å². The first-order valence-corrected chi connectivity index (χ1v) is 22.9. The van der Waals surface area contributed by atoms with E-state index in [2.05, 4.69) is 10.6 Å². The summed E-state index contributed by atoms with van der Waals surface area (Å²) < 4.78 is 57.7. The third kappa shape index (κ3) is 13.7. The summed E-state index contributed by atoms with van der Waals surface area (Å²) in [5, 5.41) is 195. The first kappa shape index (κ1) is 60.7. The Morgan fingerprint density at radius 1 is 0.500 bits per heavy atom. The van der Waals surface area contributed by atoms with Crippen LogP contribution in [-0.2, 0) is 57.0 Å². The molecule has 5 saturated heterocycles. The molecule has 0 aromatic heterocycles. The maximum absolute atomic E-state index is 12.9. The van der Waals surface area contributed by atoms with Gasteiger partial charge in [-0.3, -0.25) is 9.59 Å². The number of amides is 2. The van der Waals surface area contributed by atoms with Gasteiger partial charge in [-0.25, -0.2) is 0 Å². The van der Waals surface area contributed by atoms with Crippen molar-refractivity contribution in [2.24, 2.45) is 0 Å². The normalized spacial score (nSPS) is 45.7. The van der Waals surface area contributed by atoms with Gasteiger partial charge in [-0.2, -0.15) is 0 Å². The fourth-order valence-corrected chi connectivity index (χ4v) is 8.75. The number of aliphatic hydroxyl groups excluding tert-OH is 18. The minimum atomic E-state index is -2.16. The molecule has 5 aliphatic rings. The molecule has 5 aliphatic heterocycles. The highest BCUT2D eigenvalue weighted by Crippen LogP contribution is 2.36. The van der Waals surface area contributed by atoms with Gasteiger partial charge >= 0.3 is 0 Å². The molecule has 20 N–H and O–H groups in total. The summed E-state index contributed by atoms with van der Waals surface area (Å²) in [5.41, 5.74) is 0. The van der Waals surface area contributed by atoms with Crippen LogP contribution in [0.1, 0.15) is 20.8 Å². The van der Waals surface area contributed by atoms with Crippen molar-refractivity contribution < 1.29 is 149 Å². The first-order valence-electron chi connectivity index (χ1n) is 22.9. The van der Waals surface area contributed by atoms with Crippen LogP contribution in [0.15, 0.2) is 0 Å². The van der Waals surface area contributed by atoms with Gasteiger partial charge in [-0.05, 0) is 6.92 Å². The molecule has 0 saturated carbocycles. The lowest BCUT2D eigenvalue weighted by atomic mass is 9.93. The fourth-order valence-electron chi connectivity index (χ4n) is 8.75. The van der Waals surface area contributed by atoms with E-state index in [1.165, 1.54) is 6.92 Å². The molecule has 2 amide bonds. The number of ether oxygens (including phenoxy) is 10.